The minimum absolute atomic E-state index is 0.139. The Morgan fingerprint density at radius 1 is 1.57 bits per heavy atom. The molecular formula is C11H17N3. The fraction of sp³-hybridized carbons (Fsp3) is 0.545. The van der Waals surface area contributed by atoms with Gasteiger partial charge in [0.25, 0.3) is 0 Å². The van der Waals surface area contributed by atoms with Gasteiger partial charge < -0.3 is 5.73 Å². The smallest absolute Gasteiger partial charge is 0.0591 e. The van der Waals surface area contributed by atoms with Crippen molar-refractivity contribution in [3.8, 4) is 0 Å². The summed E-state index contributed by atoms with van der Waals surface area (Å²) in [5.74, 6) is 0. The van der Waals surface area contributed by atoms with Crippen molar-refractivity contribution >= 4 is 0 Å². The average Bonchev–Trinajstić information content (AvgIpc) is 2.75. The van der Waals surface area contributed by atoms with Gasteiger partial charge in [-0.15, -0.1) is 6.58 Å². The van der Waals surface area contributed by atoms with Gasteiger partial charge in [0.15, 0.2) is 0 Å². The van der Waals surface area contributed by atoms with Crippen LogP contribution in [0.1, 0.15) is 31.4 Å². The molecule has 0 bridgehead atoms. The van der Waals surface area contributed by atoms with E-state index in [1.807, 2.05) is 23.0 Å². The Balaban J connectivity index is 2.29. The SMILES string of the molecule is C=CCn1nccc1C1(N)CCCC1. The first-order valence-corrected chi connectivity index (χ1v) is 5.18. The van der Waals surface area contributed by atoms with Gasteiger partial charge in [-0.2, -0.15) is 5.10 Å². The molecule has 2 rings (SSSR count). The van der Waals surface area contributed by atoms with Crippen LogP contribution in [-0.4, -0.2) is 9.78 Å². The van der Waals surface area contributed by atoms with Crippen LogP contribution < -0.4 is 5.73 Å². The van der Waals surface area contributed by atoms with E-state index in [2.05, 4.69) is 11.7 Å². The molecule has 0 atom stereocenters. The van der Waals surface area contributed by atoms with Gasteiger partial charge in [-0.1, -0.05) is 18.9 Å². The van der Waals surface area contributed by atoms with Crippen LogP contribution in [0, 0.1) is 0 Å². The standard InChI is InChI=1S/C11H17N3/c1-2-9-14-10(5-8-13-14)11(12)6-3-4-7-11/h2,5,8H,1,3-4,6-7,9,12H2. The second-order valence-electron chi connectivity index (χ2n) is 4.05. The topological polar surface area (TPSA) is 43.8 Å². The van der Waals surface area contributed by atoms with Crippen LogP contribution in [0.4, 0.5) is 0 Å². The largest absolute Gasteiger partial charge is 0.320 e. The summed E-state index contributed by atoms with van der Waals surface area (Å²) in [5, 5.41) is 4.26. The van der Waals surface area contributed by atoms with Gasteiger partial charge in [-0.05, 0) is 18.9 Å². The minimum Gasteiger partial charge on any atom is -0.320 e. The minimum atomic E-state index is -0.139. The molecule has 14 heavy (non-hydrogen) atoms. The number of rotatable bonds is 3. The number of nitrogens with zero attached hydrogens (tertiary/aromatic N) is 2. The van der Waals surface area contributed by atoms with Crippen molar-refractivity contribution in [3.05, 3.63) is 30.6 Å². The van der Waals surface area contributed by atoms with E-state index in [4.69, 9.17) is 5.73 Å². The van der Waals surface area contributed by atoms with Gasteiger partial charge in [0.2, 0.25) is 0 Å². The first kappa shape index (κ1) is 9.46. The van der Waals surface area contributed by atoms with Gasteiger partial charge in [0.1, 0.15) is 0 Å². The zero-order valence-corrected chi connectivity index (χ0v) is 8.45. The molecular weight excluding hydrogens is 174 g/mol. The molecule has 76 valence electrons. The highest BCUT2D eigenvalue weighted by Crippen LogP contribution is 2.35. The predicted octanol–water partition coefficient (Wildman–Crippen LogP) is 1.80. The van der Waals surface area contributed by atoms with Crippen molar-refractivity contribution in [2.75, 3.05) is 0 Å². The third kappa shape index (κ3) is 1.48. The van der Waals surface area contributed by atoms with Gasteiger partial charge in [0, 0.05) is 6.20 Å². The van der Waals surface area contributed by atoms with E-state index in [9.17, 15) is 0 Å². The van der Waals surface area contributed by atoms with Crippen molar-refractivity contribution in [2.24, 2.45) is 5.73 Å². The lowest BCUT2D eigenvalue weighted by atomic mass is 9.95. The van der Waals surface area contributed by atoms with Crippen LogP contribution in [0.3, 0.4) is 0 Å². The predicted molar refractivity (Wildman–Crippen MR) is 56.8 cm³/mol. The molecule has 1 aromatic heterocycles. The Hall–Kier alpha value is -1.09. The maximum absolute atomic E-state index is 6.36. The Morgan fingerprint density at radius 3 is 2.93 bits per heavy atom. The van der Waals surface area contributed by atoms with E-state index in [0.717, 1.165) is 25.1 Å². The zero-order chi connectivity index (χ0) is 10.0. The van der Waals surface area contributed by atoms with Crippen LogP contribution in [0.15, 0.2) is 24.9 Å². The van der Waals surface area contributed by atoms with Crippen molar-refractivity contribution in [3.63, 3.8) is 0 Å². The molecule has 0 aromatic carbocycles. The monoisotopic (exact) mass is 191 g/mol. The Morgan fingerprint density at radius 2 is 2.29 bits per heavy atom. The van der Waals surface area contributed by atoms with Gasteiger partial charge in [-0.25, -0.2) is 0 Å². The van der Waals surface area contributed by atoms with Crippen LogP contribution in [0.2, 0.25) is 0 Å². The summed E-state index contributed by atoms with van der Waals surface area (Å²) in [7, 11) is 0. The van der Waals surface area contributed by atoms with Crippen LogP contribution in [0.25, 0.3) is 0 Å². The average molecular weight is 191 g/mol. The molecule has 1 aliphatic carbocycles. The molecule has 0 radical (unpaired) electrons. The fourth-order valence-electron chi connectivity index (χ4n) is 2.29. The molecule has 1 heterocycles. The third-order valence-corrected chi connectivity index (χ3v) is 3.02. The Labute approximate surface area is 84.6 Å². The quantitative estimate of drug-likeness (QED) is 0.740. The highest BCUT2D eigenvalue weighted by atomic mass is 15.3. The fourth-order valence-corrected chi connectivity index (χ4v) is 2.29. The number of nitrogens with two attached hydrogens (primary N) is 1. The summed E-state index contributed by atoms with van der Waals surface area (Å²) in [6, 6.07) is 2.04. The van der Waals surface area contributed by atoms with Crippen LogP contribution in [-0.2, 0) is 12.1 Å². The maximum atomic E-state index is 6.36. The van der Waals surface area contributed by atoms with Crippen molar-refractivity contribution in [2.45, 2.75) is 37.8 Å². The van der Waals surface area contributed by atoms with Gasteiger partial charge in [0.05, 0.1) is 17.8 Å². The molecule has 0 saturated heterocycles. The Kier molecular flexibility index (Phi) is 2.42. The maximum Gasteiger partial charge on any atom is 0.0591 e. The summed E-state index contributed by atoms with van der Waals surface area (Å²) in [6.45, 7) is 4.48. The molecule has 2 N–H and O–H groups in total. The third-order valence-electron chi connectivity index (χ3n) is 3.02. The number of aromatic nitrogens is 2. The van der Waals surface area contributed by atoms with Crippen molar-refractivity contribution < 1.29 is 0 Å². The van der Waals surface area contributed by atoms with Crippen molar-refractivity contribution in [1.29, 1.82) is 0 Å². The molecule has 0 spiro atoms. The van der Waals surface area contributed by atoms with Crippen LogP contribution in [0.5, 0.6) is 0 Å². The normalized spacial score (nSPS) is 19.8. The molecule has 1 saturated carbocycles. The molecule has 1 fully saturated rings. The van der Waals surface area contributed by atoms with Crippen molar-refractivity contribution in [1.82, 2.24) is 9.78 Å². The lowest BCUT2D eigenvalue weighted by Crippen LogP contribution is -2.35. The Bertz CT molecular complexity index is 321. The first-order valence-electron chi connectivity index (χ1n) is 5.18. The number of hydrogen-bond acceptors (Lipinski definition) is 2. The highest BCUT2D eigenvalue weighted by molar-refractivity contribution is 5.16. The number of hydrogen-bond donors (Lipinski definition) is 1. The molecule has 3 nitrogen and oxygen atoms in total. The van der Waals surface area contributed by atoms with E-state index in [-0.39, 0.29) is 5.54 Å². The van der Waals surface area contributed by atoms with E-state index in [1.165, 1.54) is 12.8 Å². The second-order valence-corrected chi connectivity index (χ2v) is 4.05. The van der Waals surface area contributed by atoms with Crippen LogP contribution >= 0.6 is 0 Å². The molecule has 1 aromatic rings. The van der Waals surface area contributed by atoms with Gasteiger partial charge in [-0.3, -0.25) is 4.68 Å². The molecule has 0 unspecified atom stereocenters. The number of allylic oxidation sites excluding steroid dienone is 1. The molecule has 0 aliphatic heterocycles. The summed E-state index contributed by atoms with van der Waals surface area (Å²) < 4.78 is 1.96. The summed E-state index contributed by atoms with van der Waals surface area (Å²) in [6.07, 6.45) is 8.30. The van der Waals surface area contributed by atoms with E-state index >= 15 is 0 Å². The zero-order valence-electron chi connectivity index (χ0n) is 8.45. The van der Waals surface area contributed by atoms with E-state index < -0.39 is 0 Å². The first-order chi connectivity index (χ1) is 6.76. The summed E-state index contributed by atoms with van der Waals surface area (Å²) in [5.41, 5.74) is 7.38. The molecule has 1 aliphatic rings. The summed E-state index contributed by atoms with van der Waals surface area (Å²) >= 11 is 0. The lowest BCUT2D eigenvalue weighted by Gasteiger charge is -2.24. The van der Waals surface area contributed by atoms with E-state index in [1.54, 1.807) is 0 Å². The molecule has 3 heteroatoms. The molecule has 0 amide bonds. The lowest BCUT2D eigenvalue weighted by molar-refractivity contribution is 0.417. The summed E-state index contributed by atoms with van der Waals surface area (Å²) in [4.78, 5) is 0. The van der Waals surface area contributed by atoms with Gasteiger partial charge >= 0.3 is 0 Å². The second kappa shape index (κ2) is 3.58. The van der Waals surface area contributed by atoms with E-state index in [0.29, 0.717) is 0 Å². The highest BCUT2D eigenvalue weighted by Gasteiger charge is 2.33.